The fourth-order valence-corrected chi connectivity index (χ4v) is 1.60. The maximum Gasteiger partial charge on any atom is 0.129 e. The van der Waals surface area contributed by atoms with Gasteiger partial charge in [-0.1, -0.05) is 13.3 Å². The SMILES string of the molecule is CCC(CCCCCC(C)=O)O/C=C/C(C)=C\N. The molecule has 1 unspecified atom stereocenters. The van der Waals surface area contributed by atoms with Crippen molar-refractivity contribution in [3.63, 3.8) is 0 Å². The Balaban J connectivity index is 3.70. The van der Waals surface area contributed by atoms with Crippen LogP contribution in [0.5, 0.6) is 0 Å². The number of Topliss-reactive ketones (excluding diaryl/α,β-unsaturated/α-hetero) is 1. The summed E-state index contributed by atoms with van der Waals surface area (Å²) in [5.41, 5.74) is 6.35. The smallest absolute Gasteiger partial charge is 0.129 e. The van der Waals surface area contributed by atoms with Crippen LogP contribution < -0.4 is 5.73 Å². The van der Waals surface area contributed by atoms with Gasteiger partial charge in [-0.25, -0.2) is 0 Å². The molecule has 0 amide bonds. The van der Waals surface area contributed by atoms with Gasteiger partial charge in [-0.3, -0.25) is 0 Å². The number of carbonyl (C=O) groups is 1. The van der Waals surface area contributed by atoms with Gasteiger partial charge in [0.15, 0.2) is 0 Å². The lowest BCUT2D eigenvalue weighted by atomic mass is 10.1. The number of unbranched alkanes of at least 4 members (excludes halogenated alkanes) is 2. The van der Waals surface area contributed by atoms with Crippen molar-refractivity contribution in [1.29, 1.82) is 0 Å². The Morgan fingerprint density at radius 1 is 1.28 bits per heavy atom. The predicted octanol–water partition coefficient (Wildman–Crippen LogP) is 3.70. The van der Waals surface area contributed by atoms with Gasteiger partial charge in [-0.15, -0.1) is 0 Å². The van der Waals surface area contributed by atoms with Crippen LogP contribution in [-0.4, -0.2) is 11.9 Å². The van der Waals surface area contributed by atoms with Crippen molar-refractivity contribution in [1.82, 2.24) is 0 Å². The Hall–Kier alpha value is -1.25. The third-order valence-electron chi connectivity index (χ3n) is 2.88. The molecule has 0 fully saturated rings. The van der Waals surface area contributed by atoms with Crippen molar-refractivity contribution >= 4 is 5.78 Å². The molecule has 0 spiro atoms. The van der Waals surface area contributed by atoms with Crippen molar-refractivity contribution in [2.45, 2.75) is 65.4 Å². The molecule has 0 heterocycles. The molecule has 0 aromatic carbocycles. The largest absolute Gasteiger partial charge is 0.498 e. The Kier molecular flexibility index (Phi) is 10.1. The fraction of sp³-hybridized carbons (Fsp3) is 0.667. The maximum absolute atomic E-state index is 10.8. The van der Waals surface area contributed by atoms with Gasteiger partial charge < -0.3 is 15.3 Å². The summed E-state index contributed by atoms with van der Waals surface area (Å²) in [7, 11) is 0. The second-order valence-electron chi connectivity index (χ2n) is 4.68. The van der Waals surface area contributed by atoms with Gasteiger partial charge in [0.2, 0.25) is 0 Å². The van der Waals surface area contributed by atoms with Crippen LogP contribution in [0, 0.1) is 0 Å². The molecule has 0 aromatic heterocycles. The summed E-state index contributed by atoms with van der Waals surface area (Å²) >= 11 is 0. The third kappa shape index (κ3) is 9.94. The molecule has 0 saturated carbocycles. The highest BCUT2D eigenvalue weighted by Gasteiger charge is 2.04. The number of hydrogen-bond donors (Lipinski definition) is 1. The molecule has 0 saturated heterocycles. The minimum absolute atomic E-state index is 0.268. The predicted molar refractivity (Wildman–Crippen MR) is 76.0 cm³/mol. The van der Waals surface area contributed by atoms with E-state index in [1.165, 1.54) is 0 Å². The van der Waals surface area contributed by atoms with E-state index in [1.807, 2.05) is 13.0 Å². The number of nitrogens with two attached hydrogens (primary N) is 1. The van der Waals surface area contributed by atoms with Gasteiger partial charge >= 0.3 is 0 Å². The highest BCUT2D eigenvalue weighted by molar-refractivity contribution is 5.75. The summed E-state index contributed by atoms with van der Waals surface area (Å²) in [5, 5.41) is 0. The standard InChI is InChI=1S/C15H27NO2/c1-4-15(18-11-10-13(2)12-16)9-7-5-6-8-14(3)17/h10-12,15H,4-9,16H2,1-3H3/b11-10+,13-12-. The zero-order chi connectivity index (χ0) is 13.8. The van der Waals surface area contributed by atoms with Crippen LogP contribution in [-0.2, 0) is 9.53 Å². The quantitative estimate of drug-likeness (QED) is 0.367. The summed E-state index contributed by atoms with van der Waals surface area (Å²) in [5.74, 6) is 0.283. The molecule has 3 nitrogen and oxygen atoms in total. The zero-order valence-corrected chi connectivity index (χ0v) is 11.9. The second-order valence-corrected chi connectivity index (χ2v) is 4.68. The summed E-state index contributed by atoms with van der Waals surface area (Å²) in [6.07, 6.45) is 11.4. The van der Waals surface area contributed by atoms with Crippen LogP contribution in [0.1, 0.15) is 59.3 Å². The van der Waals surface area contributed by atoms with Crippen LogP contribution in [0.25, 0.3) is 0 Å². The molecule has 0 aliphatic rings. The molecule has 104 valence electrons. The van der Waals surface area contributed by atoms with E-state index in [0.717, 1.165) is 37.7 Å². The molecule has 0 rings (SSSR count). The summed E-state index contributed by atoms with van der Waals surface area (Å²) in [4.78, 5) is 10.8. The molecule has 3 heteroatoms. The molecule has 0 aliphatic carbocycles. The molecule has 0 aromatic rings. The first-order valence-corrected chi connectivity index (χ1v) is 6.80. The van der Waals surface area contributed by atoms with Crippen molar-refractivity contribution < 1.29 is 9.53 Å². The van der Waals surface area contributed by atoms with E-state index in [-0.39, 0.29) is 11.9 Å². The highest BCUT2D eigenvalue weighted by atomic mass is 16.5. The average Bonchev–Trinajstić information content (AvgIpc) is 2.35. The van der Waals surface area contributed by atoms with E-state index in [1.54, 1.807) is 19.4 Å². The normalized spacial score (nSPS) is 13.8. The summed E-state index contributed by atoms with van der Waals surface area (Å²) in [6, 6.07) is 0. The van der Waals surface area contributed by atoms with Crippen LogP contribution in [0.4, 0.5) is 0 Å². The van der Waals surface area contributed by atoms with E-state index < -0.39 is 0 Å². The fourth-order valence-electron chi connectivity index (χ4n) is 1.60. The molecule has 0 radical (unpaired) electrons. The monoisotopic (exact) mass is 253 g/mol. The third-order valence-corrected chi connectivity index (χ3v) is 2.88. The van der Waals surface area contributed by atoms with Crippen LogP contribution in [0.2, 0.25) is 0 Å². The molecule has 0 aliphatic heterocycles. The highest BCUT2D eigenvalue weighted by Crippen LogP contribution is 2.12. The first-order valence-electron chi connectivity index (χ1n) is 6.80. The average molecular weight is 253 g/mol. The molecule has 0 bridgehead atoms. The number of rotatable bonds is 10. The van der Waals surface area contributed by atoms with Crippen molar-refractivity contribution in [2.75, 3.05) is 0 Å². The number of carbonyl (C=O) groups excluding carboxylic acids is 1. The molecule has 18 heavy (non-hydrogen) atoms. The van der Waals surface area contributed by atoms with Gasteiger partial charge in [0, 0.05) is 6.42 Å². The lowest BCUT2D eigenvalue weighted by Crippen LogP contribution is -2.08. The first-order chi connectivity index (χ1) is 8.60. The van der Waals surface area contributed by atoms with Crippen molar-refractivity contribution in [2.24, 2.45) is 5.73 Å². The topological polar surface area (TPSA) is 52.3 Å². The molecule has 2 N–H and O–H groups in total. The van der Waals surface area contributed by atoms with E-state index in [0.29, 0.717) is 6.42 Å². The Morgan fingerprint density at radius 2 is 2.00 bits per heavy atom. The van der Waals surface area contributed by atoms with E-state index in [2.05, 4.69) is 6.92 Å². The van der Waals surface area contributed by atoms with Crippen LogP contribution in [0.15, 0.2) is 24.1 Å². The number of ketones is 1. The van der Waals surface area contributed by atoms with Gasteiger partial charge in [0.05, 0.1) is 12.4 Å². The van der Waals surface area contributed by atoms with Crippen molar-refractivity contribution in [3.8, 4) is 0 Å². The number of allylic oxidation sites excluding steroid dienone is 2. The van der Waals surface area contributed by atoms with Gasteiger partial charge in [-0.05, 0) is 57.4 Å². The first kappa shape index (κ1) is 16.8. The lowest BCUT2D eigenvalue weighted by molar-refractivity contribution is -0.117. The van der Waals surface area contributed by atoms with Gasteiger partial charge in [0.1, 0.15) is 5.78 Å². The van der Waals surface area contributed by atoms with E-state index in [9.17, 15) is 4.79 Å². The molecular weight excluding hydrogens is 226 g/mol. The van der Waals surface area contributed by atoms with Crippen LogP contribution in [0.3, 0.4) is 0 Å². The Bertz CT molecular complexity index is 282. The summed E-state index contributed by atoms with van der Waals surface area (Å²) in [6.45, 7) is 5.71. The lowest BCUT2D eigenvalue weighted by Gasteiger charge is -2.14. The van der Waals surface area contributed by atoms with Gasteiger partial charge in [0.25, 0.3) is 0 Å². The minimum atomic E-state index is 0.268. The number of ether oxygens (including phenoxy) is 1. The molecular formula is C15H27NO2. The maximum atomic E-state index is 10.8. The van der Waals surface area contributed by atoms with E-state index in [4.69, 9.17) is 10.5 Å². The molecule has 1 atom stereocenters. The van der Waals surface area contributed by atoms with Gasteiger partial charge in [-0.2, -0.15) is 0 Å². The number of hydrogen-bond acceptors (Lipinski definition) is 3. The van der Waals surface area contributed by atoms with E-state index >= 15 is 0 Å². The Labute approximate surface area is 111 Å². The second kappa shape index (κ2) is 10.9. The van der Waals surface area contributed by atoms with Crippen LogP contribution >= 0.6 is 0 Å². The zero-order valence-electron chi connectivity index (χ0n) is 11.9. The van der Waals surface area contributed by atoms with Crippen molar-refractivity contribution in [3.05, 3.63) is 24.1 Å². The summed E-state index contributed by atoms with van der Waals surface area (Å²) < 4.78 is 5.65. The minimum Gasteiger partial charge on any atom is -0.498 e. The Morgan fingerprint density at radius 3 is 2.56 bits per heavy atom.